The standard InChI is InChI=1S/C41H46F4N6O8/c1-23-19-28(35(54)55)13-18-31(23)26-9-5-24(6-10-26)20-32(50-33(52)27-11-7-25(8-12-27)21-46-37(58)59-38(2,3)4)34(53)49-30-16-14-29(15-17-30)40(47-22-48-51-40)41(44,45)39(42,43)36(56)57/h5-6,9-10,13-19,22,25,27,32,51H,7-8,11-12,20-21H2,1-4H3,(H,46,58)(H,47,48)(H,49,53)(H,50,52)(H,54,55)(H,56,57)/t25?,27?,32-,40?/m0/s1. The SMILES string of the molecule is Cc1cc(C(=O)O)ccc1-c1ccc(C[C@H](NC(=O)C2CCC(CNC(=O)OC(C)(C)C)CC2)C(=O)Nc2ccc(C3(C(F)(F)C(F)(F)C(=O)O)N=CNN3)cc2)cc1. The third kappa shape index (κ3) is 9.99. The number of carboxylic acids is 2. The Hall–Kier alpha value is -6.04. The minimum Gasteiger partial charge on any atom is -0.478 e. The molecule has 1 fully saturated rings. The van der Waals surface area contributed by atoms with Gasteiger partial charge < -0.3 is 36.3 Å². The van der Waals surface area contributed by atoms with E-state index in [0.717, 1.165) is 41.0 Å². The number of nitrogens with zero attached hydrogens (tertiary/aromatic N) is 1. The van der Waals surface area contributed by atoms with Gasteiger partial charge in [0.2, 0.25) is 17.5 Å². The molecule has 5 rings (SSSR count). The Morgan fingerprint density at radius 3 is 2.10 bits per heavy atom. The average molecular weight is 827 g/mol. The predicted molar refractivity (Wildman–Crippen MR) is 208 cm³/mol. The summed E-state index contributed by atoms with van der Waals surface area (Å²) in [6.07, 6.45) is 2.44. The molecule has 0 radical (unpaired) electrons. The van der Waals surface area contributed by atoms with Crippen LogP contribution in [0.3, 0.4) is 0 Å². The molecular weight excluding hydrogens is 780 g/mol. The second kappa shape index (κ2) is 17.4. The molecule has 1 aliphatic carbocycles. The minimum atomic E-state index is -5.53. The van der Waals surface area contributed by atoms with Crippen LogP contribution < -0.4 is 26.8 Å². The third-order valence-electron chi connectivity index (χ3n) is 10.2. The summed E-state index contributed by atoms with van der Waals surface area (Å²) in [5.41, 5.74) is 2.80. The largest absolute Gasteiger partial charge is 0.478 e. The van der Waals surface area contributed by atoms with Crippen LogP contribution in [0.15, 0.2) is 71.7 Å². The Morgan fingerprint density at radius 2 is 1.56 bits per heavy atom. The Bertz CT molecular complexity index is 2080. The van der Waals surface area contributed by atoms with E-state index < -0.39 is 64.6 Å². The summed E-state index contributed by atoms with van der Waals surface area (Å²) in [7, 11) is 0. The number of rotatable bonds is 14. The molecular formula is C41H46F4N6O8. The summed E-state index contributed by atoms with van der Waals surface area (Å²) in [6.45, 7) is 7.45. The van der Waals surface area contributed by atoms with Crippen molar-refractivity contribution >= 4 is 41.9 Å². The number of alkyl halides is 4. The van der Waals surface area contributed by atoms with Gasteiger partial charge in [-0.3, -0.25) is 9.59 Å². The molecule has 1 aliphatic heterocycles. The number of aliphatic carboxylic acids is 1. The minimum absolute atomic E-state index is 0.0198. The number of aliphatic imine (C=N–C) groups is 1. The molecule has 0 spiro atoms. The summed E-state index contributed by atoms with van der Waals surface area (Å²) >= 11 is 0. The molecule has 3 aromatic carbocycles. The number of benzene rings is 3. The number of hydrogen-bond donors (Lipinski definition) is 7. The highest BCUT2D eigenvalue weighted by Crippen LogP contribution is 2.49. The number of anilines is 1. The molecule has 2 atom stereocenters. The van der Waals surface area contributed by atoms with Crippen molar-refractivity contribution in [3.63, 3.8) is 0 Å². The second-order valence-electron chi connectivity index (χ2n) is 15.7. The summed E-state index contributed by atoms with van der Waals surface area (Å²) in [5.74, 6) is -16.3. The maximum absolute atomic E-state index is 15.2. The molecule has 3 amide bonds. The molecule has 1 unspecified atom stereocenters. The summed E-state index contributed by atoms with van der Waals surface area (Å²) in [6, 6.07) is 15.0. The van der Waals surface area contributed by atoms with Crippen molar-refractivity contribution in [1.82, 2.24) is 21.5 Å². The molecule has 14 nitrogen and oxygen atoms in total. The van der Waals surface area contributed by atoms with Crippen molar-refractivity contribution in [3.8, 4) is 11.1 Å². The summed E-state index contributed by atoms with van der Waals surface area (Å²) in [5, 5.41) is 26.5. The number of carbonyl (C=O) groups excluding carboxylic acids is 3. The van der Waals surface area contributed by atoms with Crippen LogP contribution in [-0.4, -0.2) is 76.4 Å². The highest BCUT2D eigenvalue weighted by Gasteiger charge is 2.74. The first-order valence-electron chi connectivity index (χ1n) is 18.8. The quantitative estimate of drug-likeness (QED) is 0.0944. The van der Waals surface area contributed by atoms with Crippen molar-refractivity contribution in [2.75, 3.05) is 11.9 Å². The molecule has 1 heterocycles. The van der Waals surface area contributed by atoms with Crippen LogP contribution in [0.2, 0.25) is 0 Å². The number of nitrogens with one attached hydrogen (secondary N) is 5. The van der Waals surface area contributed by atoms with Gasteiger partial charge in [-0.15, -0.1) is 0 Å². The molecule has 18 heteroatoms. The van der Waals surface area contributed by atoms with Crippen molar-refractivity contribution in [1.29, 1.82) is 0 Å². The first-order valence-corrected chi connectivity index (χ1v) is 18.8. The zero-order valence-corrected chi connectivity index (χ0v) is 32.7. The van der Waals surface area contributed by atoms with Crippen molar-refractivity contribution in [3.05, 3.63) is 89.0 Å². The second-order valence-corrected chi connectivity index (χ2v) is 15.7. The van der Waals surface area contributed by atoms with E-state index in [1.165, 1.54) is 6.07 Å². The lowest BCUT2D eigenvalue weighted by Crippen LogP contribution is -2.64. The van der Waals surface area contributed by atoms with Crippen molar-refractivity contribution in [2.45, 2.75) is 88.9 Å². The number of carboxylic acid groups (broad SMARTS) is 2. The summed E-state index contributed by atoms with van der Waals surface area (Å²) < 4.78 is 64.4. The maximum atomic E-state index is 15.2. The molecule has 7 N–H and O–H groups in total. The molecule has 316 valence electrons. The number of amides is 3. The number of hydrogen-bond acceptors (Lipinski definition) is 9. The number of carbonyl (C=O) groups is 5. The van der Waals surface area contributed by atoms with E-state index >= 15 is 8.78 Å². The van der Waals surface area contributed by atoms with Crippen molar-refractivity contribution in [2.24, 2.45) is 16.8 Å². The first-order chi connectivity index (χ1) is 27.6. The van der Waals surface area contributed by atoms with Gasteiger partial charge in [0.1, 0.15) is 11.6 Å². The Morgan fingerprint density at radius 1 is 0.915 bits per heavy atom. The van der Waals surface area contributed by atoms with Gasteiger partial charge in [0.05, 0.1) is 11.9 Å². The van der Waals surface area contributed by atoms with Gasteiger partial charge in [-0.05, 0) is 106 Å². The molecule has 1 saturated carbocycles. The predicted octanol–water partition coefficient (Wildman–Crippen LogP) is 6.00. The van der Waals surface area contributed by atoms with Crippen LogP contribution in [-0.2, 0) is 31.2 Å². The molecule has 2 aliphatic rings. The zero-order valence-electron chi connectivity index (χ0n) is 32.7. The number of aryl methyl sites for hydroxylation is 1. The van der Waals surface area contributed by atoms with Gasteiger partial charge in [0.25, 0.3) is 0 Å². The van der Waals surface area contributed by atoms with Crippen LogP contribution in [0.5, 0.6) is 0 Å². The number of halogens is 4. The Kier molecular flexibility index (Phi) is 13.0. The molecule has 3 aromatic rings. The topological polar surface area (TPSA) is 208 Å². The van der Waals surface area contributed by atoms with E-state index in [1.807, 2.05) is 5.43 Å². The lowest BCUT2D eigenvalue weighted by molar-refractivity contribution is -0.253. The maximum Gasteiger partial charge on any atom is 0.408 e. The van der Waals surface area contributed by atoms with Crippen molar-refractivity contribution < 1.29 is 56.5 Å². The first kappa shape index (κ1) is 44.1. The van der Waals surface area contributed by atoms with Gasteiger partial charge in [-0.2, -0.15) is 23.0 Å². The fraction of sp³-hybridized carbons (Fsp3) is 0.415. The highest BCUT2D eigenvalue weighted by molar-refractivity contribution is 5.97. The van der Waals surface area contributed by atoms with E-state index in [1.54, 1.807) is 64.1 Å². The van der Waals surface area contributed by atoms with Gasteiger partial charge in [0, 0.05) is 30.1 Å². The lowest BCUT2D eigenvalue weighted by atomic mass is 9.81. The van der Waals surface area contributed by atoms with E-state index in [2.05, 4.69) is 26.4 Å². The van der Waals surface area contributed by atoms with Gasteiger partial charge in [-0.1, -0.05) is 42.5 Å². The molecule has 0 bridgehead atoms. The van der Waals surface area contributed by atoms with Crippen LogP contribution in [0.25, 0.3) is 11.1 Å². The molecule has 0 saturated heterocycles. The van der Waals surface area contributed by atoms with E-state index in [-0.39, 0.29) is 29.5 Å². The van der Waals surface area contributed by atoms with Gasteiger partial charge >= 0.3 is 29.9 Å². The van der Waals surface area contributed by atoms with E-state index in [4.69, 9.17) is 9.84 Å². The highest BCUT2D eigenvalue weighted by atomic mass is 19.3. The van der Waals surface area contributed by atoms with E-state index in [0.29, 0.717) is 44.1 Å². The molecule has 0 aromatic heterocycles. The fourth-order valence-corrected chi connectivity index (χ4v) is 7.02. The Labute approximate surface area is 337 Å². The normalized spacial score (nSPS) is 19.9. The number of aromatic carboxylic acids is 1. The van der Waals surface area contributed by atoms with Crippen LogP contribution in [0.1, 0.15) is 73.5 Å². The monoisotopic (exact) mass is 826 g/mol. The number of alkyl carbamates (subject to hydrolysis) is 1. The van der Waals surface area contributed by atoms with Crippen LogP contribution in [0.4, 0.5) is 28.0 Å². The van der Waals surface area contributed by atoms with Gasteiger partial charge in [-0.25, -0.2) is 19.4 Å². The number of hydrazine groups is 1. The van der Waals surface area contributed by atoms with Crippen LogP contribution in [0, 0.1) is 18.8 Å². The zero-order chi connectivity index (χ0) is 43.3. The lowest BCUT2D eigenvalue weighted by Gasteiger charge is -2.37. The average Bonchev–Trinajstić information content (AvgIpc) is 3.69. The Balaban J connectivity index is 1.32. The van der Waals surface area contributed by atoms with Gasteiger partial charge in [0.15, 0.2) is 0 Å². The fourth-order valence-electron chi connectivity index (χ4n) is 7.02. The molecule has 59 heavy (non-hydrogen) atoms. The third-order valence-corrected chi connectivity index (χ3v) is 10.2. The number of ether oxygens (including phenoxy) is 1. The smallest absolute Gasteiger partial charge is 0.408 e. The van der Waals surface area contributed by atoms with Crippen LogP contribution >= 0.6 is 0 Å². The summed E-state index contributed by atoms with van der Waals surface area (Å²) in [4.78, 5) is 65.7. The van der Waals surface area contributed by atoms with E-state index in [9.17, 15) is 37.9 Å².